The van der Waals surface area contributed by atoms with Gasteiger partial charge in [0.2, 0.25) is 0 Å². The summed E-state index contributed by atoms with van der Waals surface area (Å²) < 4.78 is 1.93. The number of aromatic nitrogens is 3. The van der Waals surface area contributed by atoms with Crippen LogP contribution in [0, 0.1) is 0 Å². The second-order valence-electron chi connectivity index (χ2n) is 4.61. The first-order chi connectivity index (χ1) is 9.90. The van der Waals surface area contributed by atoms with Crippen LogP contribution >= 0.6 is 0 Å². The third kappa shape index (κ3) is 2.41. The highest BCUT2D eigenvalue weighted by molar-refractivity contribution is 5.74. The van der Waals surface area contributed by atoms with Gasteiger partial charge in [-0.15, -0.1) is 5.10 Å². The fraction of sp³-hybridized carbons (Fsp3) is 0.200. The lowest BCUT2D eigenvalue weighted by molar-refractivity contribution is 0.126. The molecule has 102 valence electrons. The van der Waals surface area contributed by atoms with Crippen molar-refractivity contribution in [3.8, 4) is 0 Å². The zero-order valence-corrected chi connectivity index (χ0v) is 11.0. The number of hydrogen-bond donors (Lipinski definition) is 1. The molecule has 20 heavy (non-hydrogen) atoms. The summed E-state index contributed by atoms with van der Waals surface area (Å²) in [6, 6.07) is 18.2. The summed E-state index contributed by atoms with van der Waals surface area (Å²) >= 11 is 0. The van der Waals surface area contributed by atoms with Crippen LogP contribution in [0.25, 0.3) is 11.0 Å². The van der Waals surface area contributed by atoms with Crippen molar-refractivity contribution in [3.63, 3.8) is 0 Å². The highest BCUT2D eigenvalue weighted by Crippen LogP contribution is 2.24. The molecule has 0 aliphatic heterocycles. The predicted octanol–water partition coefficient (Wildman–Crippen LogP) is 2.30. The molecule has 0 saturated carbocycles. The molecule has 1 heterocycles. The number of benzene rings is 2. The Bertz CT molecular complexity index is 680. The molecule has 2 N–H and O–H groups in total. The van der Waals surface area contributed by atoms with Crippen LogP contribution in [0.1, 0.15) is 18.0 Å². The van der Waals surface area contributed by atoms with E-state index in [4.69, 9.17) is 10.7 Å². The van der Waals surface area contributed by atoms with Gasteiger partial charge in [-0.1, -0.05) is 47.7 Å². The molecule has 0 fully saturated rings. The molecule has 3 rings (SSSR count). The van der Waals surface area contributed by atoms with E-state index in [2.05, 4.69) is 22.4 Å². The van der Waals surface area contributed by atoms with Crippen molar-refractivity contribution in [1.29, 1.82) is 0 Å². The summed E-state index contributed by atoms with van der Waals surface area (Å²) in [6.07, 6.45) is 0.744. The Labute approximate surface area is 116 Å². The number of fused-ring (bicyclic) bond motifs is 1. The van der Waals surface area contributed by atoms with Crippen LogP contribution in [-0.4, -0.2) is 21.6 Å². The average Bonchev–Trinajstić information content (AvgIpc) is 2.93. The quantitative estimate of drug-likeness (QED) is 0.721. The molecule has 2 aromatic carbocycles. The molecule has 1 unspecified atom stereocenters. The predicted molar refractivity (Wildman–Crippen MR) is 76.9 cm³/mol. The number of rotatable bonds is 5. The molecule has 3 aromatic rings. The molecular weight excluding hydrogens is 252 g/mol. The molecule has 1 aromatic heterocycles. The zero-order valence-electron chi connectivity index (χ0n) is 11.0. The zero-order chi connectivity index (χ0) is 13.8. The summed E-state index contributed by atoms with van der Waals surface area (Å²) in [4.78, 5) is 4.74. The van der Waals surface area contributed by atoms with Crippen LogP contribution in [0.4, 0.5) is 0 Å². The van der Waals surface area contributed by atoms with Gasteiger partial charge in [-0.2, -0.15) is 0 Å². The van der Waals surface area contributed by atoms with Gasteiger partial charge in [-0.25, -0.2) is 10.6 Å². The van der Waals surface area contributed by atoms with E-state index in [0.29, 0.717) is 6.61 Å². The van der Waals surface area contributed by atoms with Gasteiger partial charge in [-0.3, -0.25) is 0 Å². The lowest BCUT2D eigenvalue weighted by Gasteiger charge is -2.17. The maximum atomic E-state index is 5.18. The monoisotopic (exact) mass is 268 g/mol. The number of hydrogen-bond acceptors (Lipinski definition) is 4. The third-order valence-corrected chi connectivity index (χ3v) is 3.37. The normalized spacial score (nSPS) is 12.7. The highest BCUT2D eigenvalue weighted by atomic mass is 16.6. The van der Waals surface area contributed by atoms with Crippen LogP contribution in [-0.2, 0) is 4.84 Å². The first kappa shape index (κ1) is 12.8. The fourth-order valence-electron chi connectivity index (χ4n) is 2.40. The molecule has 0 aliphatic carbocycles. The molecule has 5 nitrogen and oxygen atoms in total. The van der Waals surface area contributed by atoms with Gasteiger partial charge in [0.05, 0.1) is 18.2 Å². The number of nitrogens with two attached hydrogens (primary N) is 1. The van der Waals surface area contributed by atoms with Crippen molar-refractivity contribution in [2.45, 2.75) is 12.5 Å². The van der Waals surface area contributed by atoms with Crippen molar-refractivity contribution >= 4 is 11.0 Å². The molecular formula is C15H16N4O. The average molecular weight is 268 g/mol. The minimum Gasteiger partial charge on any atom is -0.305 e. The van der Waals surface area contributed by atoms with E-state index < -0.39 is 0 Å². The number of para-hydroxylation sites is 1. The van der Waals surface area contributed by atoms with E-state index in [9.17, 15) is 0 Å². The van der Waals surface area contributed by atoms with Gasteiger partial charge in [0, 0.05) is 0 Å². The Morgan fingerprint density at radius 2 is 1.80 bits per heavy atom. The van der Waals surface area contributed by atoms with E-state index in [0.717, 1.165) is 17.5 Å². The fourth-order valence-corrected chi connectivity index (χ4v) is 2.40. The van der Waals surface area contributed by atoms with Crippen molar-refractivity contribution in [1.82, 2.24) is 15.0 Å². The van der Waals surface area contributed by atoms with Gasteiger partial charge in [0.15, 0.2) is 0 Å². The third-order valence-electron chi connectivity index (χ3n) is 3.37. The first-order valence-corrected chi connectivity index (χ1v) is 6.56. The Kier molecular flexibility index (Phi) is 3.71. The van der Waals surface area contributed by atoms with Crippen LogP contribution in [0.2, 0.25) is 0 Å². The Balaban J connectivity index is 2.05. The Morgan fingerprint density at radius 1 is 1.05 bits per heavy atom. The molecule has 0 radical (unpaired) electrons. The summed E-state index contributed by atoms with van der Waals surface area (Å²) in [5.41, 5.74) is 3.07. The topological polar surface area (TPSA) is 66.0 Å². The minimum atomic E-state index is 0.0622. The second-order valence-corrected chi connectivity index (χ2v) is 4.61. The van der Waals surface area contributed by atoms with Gasteiger partial charge >= 0.3 is 0 Å². The summed E-state index contributed by atoms with van der Waals surface area (Å²) in [6.45, 7) is 0.466. The standard InChI is InChI=1S/C15H16N4O/c16-20-11-10-14(12-6-2-1-3-7-12)19-15-9-5-4-8-13(15)17-18-19/h1-9,14H,10-11,16H2. The van der Waals surface area contributed by atoms with Crippen LogP contribution in [0.3, 0.4) is 0 Å². The molecule has 0 saturated heterocycles. The van der Waals surface area contributed by atoms with Gasteiger partial charge in [-0.05, 0) is 24.1 Å². The smallest absolute Gasteiger partial charge is 0.113 e. The number of nitrogens with zero attached hydrogens (tertiary/aromatic N) is 3. The lowest BCUT2D eigenvalue weighted by Crippen LogP contribution is -2.16. The molecule has 0 bridgehead atoms. The van der Waals surface area contributed by atoms with E-state index in [1.54, 1.807) is 0 Å². The van der Waals surface area contributed by atoms with Gasteiger partial charge < -0.3 is 4.84 Å². The molecule has 5 heteroatoms. The van der Waals surface area contributed by atoms with Crippen LogP contribution in [0.5, 0.6) is 0 Å². The van der Waals surface area contributed by atoms with E-state index in [1.165, 1.54) is 5.56 Å². The van der Waals surface area contributed by atoms with Crippen LogP contribution < -0.4 is 5.90 Å². The molecule has 0 amide bonds. The van der Waals surface area contributed by atoms with E-state index >= 15 is 0 Å². The second kappa shape index (κ2) is 5.81. The molecule has 0 aliphatic rings. The highest BCUT2D eigenvalue weighted by Gasteiger charge is 2.17. The van der Waals surface area contributed by atoms with Gasteiger partial charge in [0.1, 0.15) is 5.52 Å². The first-order valence-electron chi connectivity index (χ1n) is 6.56. The maximum absolute atomic E-state index is 5.18. The minimum absolute atomic E-state index is 0.0622. The largest absolute Gasteiger partial charge is 0.305 e. The van der Waals surface area contributed by atoms with E-state index in [1.807, 2.05) is 47.1 Å². The molecule has 0 spiro atoms. The summed E-state index contributed by atoms with van der Waals surface area (Å²) in [7, 11) is 0. The Hall–Kier alpha value is -2.24. The SMILES string of the molecule is NOCCC(c1ccccc1)n1nnc2ccccc21. The summed E-state index contributed by atoms with van der Waals surface area (Å²) in [5, 5.41) is 8.51. The van der Waals surface area contributed by atoms with Crippen LogP contribution in [0.15, 0.2) is 54.6 Å². The van der Waals surface area contributed by atoms with Crippen molar-refractivity contribution in [2.75, 3.05) is 6.61 Å². The van der Waals surface area contributed by atoms with Crippen molar-refractivity contribution in [2.24, 2.45) is 5.90 Å². The van der Waals surface area contributed by atoms with E-state index in [-0.39, 0.29) is 6.04 Å². The molecule has 1 atom stereocenters. The summed E-state index contributed by atoms with van der Waals surface area (Å²) in [5.74, 6) is 5.18. The van der Waals surface area contributed by atoms with Crippen molar-refractivity contribution < 1.29 is 4.84 Å². The van der Waals surface area contributed by atoms with Gasteiger partial charge in [0.25, 0.3) is 0 Å². The lowest BCUT2D eigenvalue weighted by atomic mass is 10.0. The van der Waals surface area contributed by atoms with Crippen molar-refractivity contribution in [3.05, 3.63) is 60.2 Å². The Morgan fingerprint density at radius 3 is 2.60 bits per heavy atom. The maximum Gasteiger partial charge on any atom is 0.113 e.